The minimum Gasteiger partial charge on any atom is -0.466 e. The van der Waals surface area contributed by atoms with Crippen LogP contribution in [0.5, 0.6) is 0 Å². The molecule has 0 heterocycles. The Morgan fingerprint density at radius 1 is 0.288 bits per heavy atom. The summed E-state index contributed by atoms with van der Waals surface area (Å²) in [6.45, 7) is -1.76. The second-order valence-corrected chi connectivity index (χ2v) is 14.7. The molecule has 0 bridgehead atoms. The molecule has 408 valence electrons. The van der Waals surface area contributed by atoms with Crippen LogP contribution < -0.4 is 0 Å². The molecule has 0 aromatic carbocycles. The molecular weight excluding hydrogens is 981 g/mol. The summed E-state index contributed by atoms with van der Waals surface area (Å²) < 4.78 is 64.0. The zero-order valence-corrected chi connectivity index (χ0v) is 40.7. The van der Waals surface area contributed by atoms with Crippen molar-refractivity contribution in [3.63, 3.8) is 0 Å². The van der Waals surface area contributed by atoms with E-state index in [-0.39, 0.29) is 183 Å². The number of hydrogen-bond donors (Lipinski definition) is 0. The first-order valence-electron chi connectivity index (χ1n) is 23.0. The maximum absolute atomic E-state index is 12.3. The summed E-state index contributed by atoms with van der Waals surface area (Å²) in [7, 11) is 0. The number of nitrogens with zero attached hydrogens (tertiary/aromatic N) is 12. The van der Waals surface area contributed by atoms with Crippen molar-refractivity contribution in [2.24, 2.45) is 25.9 Å². The fraction of sp³-hybridized carbons (Fsp3) is 0.805. The normalized spacial score (nSPS) is 11.1. The lowest BCUT2D eigenvalue weighted by Gasteiger charge is -2.33. The highest BCUT2D eigenvalue weighted by Crippen LogP contribution is 2.21. The van der Waals surface area contributed by atoms with E-state index in [1.165, 1.54) is 0 Å². The van der Waals surface area contributed by atoms with Crippen LogP contribution in [-0.4, -0.2) is 180 Å². The number of rotatable bonds is 48. The molecule has 0 aromatic rings. The van der Waals surface area contributed by atoms with Gasteiger partial charge in [0.25, 0.3) is 0 Å². The fourth-order valence-electron chi connectivity index (χ4n) is 5.12. The van der Waals surface area contributed by atoms with Gasteiger partial charge in [-0.25, -0.2) is 0 Å². The molecule has 0 saturated heterocycles. The van der Waals surface area contributed by atoms with E-state index < -0.39 is 53.2 Å². The largest absolute Gasteiger partial charge is 0.466 e. The van der Waals surface area contributed by atoms with Crippen molar-refractivity contribution in [1.29, 1.82) is 0 Å². The van der Waals surface area contributed by atoms with Gasteiger partial charge >= 0.3 is 47.8 Å². The zero-order chi connectivity index (χ0) is 53.9. The van der Waals surface area contributed by atoms with E-state index in [1.807, 2.05) is 0 Å². The SMILES string of the molecule is [N-]=[N+]=NCCCOC(=O)CCC(=O)OCCOCC(COCCOC(=O)CCC(=O)OCCCN=[N+]=[N-])(COCCOC(=O)CCC(=O)OCCCN=[N+]=[N-])COCCOC(=O)CCC(=O)OCCCN=[N+]=[N-]. The lowest BCUT2D eigenvalue weighted by atomic mass is 9.92. The molecule has 0 rings (SSSR count). The van der Waals surface area contributed by atoms with Gasteiger partial charge in [-0.3, -0.25) is 38.4 Å². The fourth-order valence-corrected chi connectivity index (χ4v) is 5.12. The molecular formula is C41H64N12O20. The van der Waals surface area contributed by atoms with E-state index in [0.717, 1.165) is 0 Å². The summed E-state index contributed by atoms with van der Waals surface area (Å²) in [6, 6.07) is 0. The number of carbonyl (C=O) groups is 8. The van der Waals surface area contributed by atoms with Crippen LogP contribution in [0.2, 0.25) is 0 Å². The van der Waals surface area contributed by atoms with E-state index >= 15 is 0 Å². The Morgan fingerprint density at radius 3 is 0.644 bits per heavy atom. The van der Waals surface area contributed by atoms with Crippen LogP contribution in [0.1, 0.15) is 77.0 Å². The van der Waals surface area contributed by atoms with E-state index in [0.29, 0.717) is 25.7 Å². The quantitative estimate of drug-likeness (QED) is 0.0204. The van der Waals surface area contributed by atoms with Gasteiger partial charge in [-0.05, 0) is 47.8 Å². The summed E-state index contributed by atoms with van der Waals surface area (Å²) >= 11 is 0. The molecule has 0 atom stereocenters. The molecule has 32 nitrogen and oxygen atoms in total. The summed E-state index contributed by atoms with van der Waals surface area (Å²) in [5.74, 6) is -5.47. The van der Waals surface area contributed by atoms with Crippen molar-refractivity contribution in [3.05, 3.63) is 41.8 Å². The maximum Gasteiger partial charge on any atom is 0.306 e. The lowest BCUT2D eigenvalue weighted by molar-refractivity contribution is -0.156. The Morgan fingerprint density at radius 2 is 0.466 bits per heavy atom. The predicted molar refractivity (Wildman–Crippen MR) is 245 cm³/mol. The second kappa shape index (κ2) is 47.2. The first-order chi connectivity index (χ1) is 35.4. The topological polar surface area (TPSA) is 442 Å². The Kier molecular flexibility index (Phi) is 42.6. The standard InChI is InChI=1S/C41H64N12O20/c42-50-46-13-1-17-66-33(54)5-9-37(58)70-25-21-62-29-41(30-63-22-26-71-38(59)10-6-34(55)67-18-2-14-47-51-43,31-64-23-27-72-39(60)11-7-35(56)68-19-3-15-48-52-44)32-65-24-28-73-40(61)12-8-36(57)69-20-4-16-49-53-45/h1-32H2. The van der Waals surface area contributed by atoms with Gasteiger partial charge in [-0.15, -0.1) is 0 Å². The smallest absolute Gasteiger partial charge is 0.306 e. The van der Waals surface area contributed by atoms with Crippen molar-refractivity contribution in [3.8, 4) is 0 Å². The molecule has 32 heteroatoms. The third-order valence-corrected chi connectivity index (χ3v) is 8.64. The molecule has 0 aliphatic heterocycles. The zero-order valence-electron chi connectivity index (χ0n) is 40.7. The van der Waals surface area contributed by atoms with Crippen molar-refractivity contribution >= 4 is 47.8 Å². The number of azide groups is 4. The first-order valence-corrected chi connectivity index (χ1v) is 23.0. The van der Waals surface area contributed by atoms with Crippen LogP contribution in [0.4, 0.5) is 0 Å². The van der Waals surface area contributed by atoms with E-state index in [4.69, 9.17) is 79.0 Å². The molecule has 0 aliphatic carbocycles. The van der Waals surface area contributed by atoms with Gasteiger partial charge in [0.15, 0.2) is 0 Å². The summed E-state index contributed by atoms with van der Waals surface area (Å²) in [5, 5.41) is 13.3. The Bertz CT molecular complexity index is 1590. The van der Waals surface area contributed by atoms with Gasteiger partial charge in [0.2, 0.25) is 0 Å². The molecule has 0 fully saturated rings. The lowest BCUT2D eigenvalue weighted by Crippen LogP contribution is -2.43. The minimum atomic E-state index is -1.20. The van der Waals surface area contributed by atoms with E-state index in [1.54, 1.807) is 0 Å². The molecule has 73 heavy (non-hydrogen) atoms. The molecule has 0 aliphatic rings. The molecule has 0 radical (unpaired) electrons. The summed E-state index contributed by atoms with van der Waals surface area (Å²) in [4.78, 5) is 107. The summed E-state index contributed by atoms with van der Waals surface area (Å²) in [6.07, 6.45) is -0.924. The van der Waals surface area contributed by atoms with Gasteiger partial charge < -0.3 is 56.8 Å². The summed E-state index contributed by atoms with van der Waals surface area (Å²) in [5.41, 5.74) is 32.1. The molecule has 0 amide bonds. The van der Waals surface area contributed by atoms with Crippen LogP contribution in [-0.2, 0) is 95.2 Å². The molecule has 0 saturated carbocycles. The predicted octanol–water partition coefficient (Wildman–Crippen LogP) is 4.31. The van der Waals surface area contributed by atoms with Crippen molar-refractivity contribution in [2.75, 3.05) is 132 Å². The Balaban J connectivity index is 5.62. The average Bonchev–Trinajstić information content (AvgIpc) is 3.37. The van der Waals surface area contributed by atoms with Gasteiger partial charge in [0.1, 0.15) is 26.4 Å². The average molecular weight is 1050 g/mol. The highest BCUT2D eigenvalue weighted by molar-refractivity contribution is 5.79. The van der Waals surface area contributed by atoms with Crippen molar-refractivity contribution in [2.45, 2.75) is 77.0 Å². The van der Waals surface area contributed by atoms with Gasteiger partial charge in [0, 0.05) is 45.8 Å². The van der Waals surface area contributed by atoms with Crippen LogP contribution in [0.3, 0.4) is 0 Å². The Hall–Kier alpha value is -7.16. The van der Waals surface area contributed by atoms with Crippen LogP contribution in [0.15, 0.2) is 20.5 Å². The van der Waals surface area contributed by atoms with Gasteiger partial charge in [0.05, 0.1) is 136 Å². The van der Waals surface area contributed by atoms with Crippen molar-refractivity contribution < 1.29 is 95.2 Å². The number of carbonyl (C=O) groups excluding carboxylic acids is 8. The highest BCUT2D eigenvalue weighted by atomic mass is 16.6. The third-order valence-electron chi connectivity index (χ3n) is 8.64. The van der Waals surface area contributed by atoms with Crippen LogP contribution >= 0.6 is 0 Å². The van der Waals surface area contributed by atoms with E-state index in [2.05, 4.69) is 40.1 Å². The van der Waals surface area contributed by atoms with Gasteiger partial charge in [-0.2, -0.15) is 0 Å². The monoisotopic (exact) mass is 1040 g/mol. The minimum absolute atomic E-state index is 0.00673. The molecule has 0 spiro atoms. The third kappa shape index (κ3) is 43.4. The van der Waals surface area contributed by atoms with Crippen LogP contribution in [0, 0.1) is 5.41 Å². The van der Waals surface area contributed by atoms with Gasteiger partial charge in [-0.1, -0.05) is 20.5 Å². The number of ether oxygens (including phenoxy) is 12. The van der Waals surface area contributed by atoms with E-state index in [9.17, 15) is 38.4 Å². The Labute approximate surface area is 419 Å². The molecule has 0 N–H and O–H groups in total. The molecule has 0 unspecified atom stereocenters. The molecule has 0 aromatic heterocycles. The maximum atomic E-state index is 12.3. The second-order valence-electron chi connectivity index (χ2n) is 14.7. The van der Waals surface area contributed by atoms with Crippen LogP contribution in [0.25, 0.3) is 41.8 Å². The van der Waals surface area contributed by atoms with Crippen molar-refractivity contribution in [1.82, 2.24) is 0 Å². The first kappa shape index (κ1) is 65.8. The number of hydrogen-bond acceptors (Lipinski definition) is 24. The number of esters is 8. The highest BCUT2D eigenvalue weighted by Gasteiger charge is 2.33.